The zero-order valence-electron chi connectivity index (χ0n) is 14.4. The first-order valence-electron chi connectivity index (χ1n) is 8.28. The fourth-order valence-corrected chi connectivity index (χ4v) is 2.56. The van der Waals surface area contributed by atoms with Crippen LogP contribution >= 0.6 is 0 Å². The van der Waals surface area contributed by atoms with Crippen LogP contribution in [0.25, 0.3) is 0 Å². The van der Waals surface area contributed by atoms with E-state index in [1.165, 1.54) is 0 Å². The molecule has 2 N–H and O–H groups in total. The standard InChI is InChI=1S/C19H23N3O3/c1-23-17-4-2-3-5-18(17)25-16-8-6-15(7-9-16)14-21-19(20)22-10-12-24-13-11-22/h2-9H,10-14H2,1H3,(H2,20,21). The molecule has 1 aliphatic heterocycles. The fourth-order valence-electron chi connectivity index (χ4n) is 2.56. The molecule has 3 rings (SSSR count). The summed E-state index contributed by atoms with van der Waals surface area (Å²) in [4.78, 5) is 6.51. The third kappa shape index (κ3) is 4.64. The summed E-state index contributed by atoms with van der Waals surface area (Å²) < 4.78 is 16.5. The fraction of sp³-hybridized carbons (Fsp3) is 0.316. The number of benzene rings is 2. The van der Waals surface area contributed by atoms with Gasteiger partial charge in [0.1, 0.15) is 5.75 Å². The Morgan fingerprint density at radius 3 is 2.44 bits per heavy atom. The van der Waals surface area contributed by atoms with Gasteiger partial charge in [-0.1, -0.05) is 24.3 Å². The van der Waals surface area contributed by atoms with E-state index in [4.69, 9.17) is 19.9 Å². The van der Waals surface area contributed by atoms with Gasteiger partial charge in [0, 0.05) is 13.1 Å². The lowest BCUT2D eigenvalue weighted by Gasteiger charge is -2.27. The molecule has 1 heterocycles. The lowest BCUT2D eigenvalue weighted by Crippen LogP contribution is -2.44. The summed E-state index contributed by atoms with van der Waals surface area (Å²) in [6.45, 7) is 3.52. The average Bonchev–Trinajstić information content (AvgIpc) is 2.68. The molecule has 1 aliphatic rings. The van der Waals surface area contributed by atoms with Gasteiger partial charge in [-0.3, -0.25) is 0 Å². The average molecular weight is 341 g/mol. The number of morpholine rings is 1. The summed E-state index contributed by atoms with van der Waals surface area (Å²) in [6, 6.07) is 15.4. The van der Waals surface area contributed by atoms with Crippen LogP contribution < -0.4 is 15.2 Å². The highest BCUT2D eigenvalue weighted by Crippen LogP contribution is 2.30. The maximum absolute atomic E-state index is 6.04. The molecule has 1 saturated heterocycles. The minimum absolute atomic E-state index is 0.540. The van der Waals surface area contributed by atoms with Crippen LogP contribution in [0.1, 0.15) is 5.56 Å². The summed E-state index contributed by atoms with van der Waals surface area (Å²) >= 11 is 0. The summed E-state index contributed by atoms with van der Waals surface area (Å²) in [5, 5.41) is 0. The van der Waals surface area contributed by atoms with Crippen LogP contribution in [0.2, 0.25) is 0 Å². The van der Waals surface area contributed by atoms with Gasteiger partial charge >= 0.3 is 0 Å². The van der Waals surface area contributed by atoms with Gasteiger partial charge in [-0.15, -0.1) is 0 Å². The molecule has 25 heavy (non-hydrogen) atoms. The first-order chi connectivity index (χ1) is 12.3. The first-order valence-corrected chi connectivity index (χ1v) is 8.28. The smallest absolute Gasteiger partial charge is 0.191 e. The molecule has 0 unspecified atom stereocenters. The number of methoxy groups -OCH3 is 1. The molecule has 6 nitrogen and oxygen atoms in total. The molecule has 0 saturated carbocycles. The number of nitrogens with two attached hydrogens (primary N) is 1. The van der Waals surface area contributed by atoms with Gasteiger partial charge in [0.05, 0.1) is 26.9 Å². The Hall–Kier alpha value is -2.73. The van der Waals surface area contributed by atoms with Crippen molar-refractivity contribution in [2.45, 2.75) is 6.54 Å². The number of hydrogen-bond acceptors (Lipinski definition) is 4. The van der Waals surface area contributed by atoms with E-state index >= 15 is 0 Å². The number of ether oxygens (including phenoxy) is 3. The van der Waals surface area contributed by atoms with E-state index in [-0.39, 0.29) is 0 Å². The molecule has 0 amide bonds. The molecule has 2 aromatic rings. The highest BCUT2D eigenvalue weighted by molar-refractivity contribution is 5.78. The largest absolute Gasteiger partial charge is 0.493 e. The maximum Gasteiger partial charge on any atom is 0.191 e. The third-order valence-corrected chi connectivity index (χ3v) is 3.98. The zero-order valence-corrected chi connectivity index (χ0v) is 14.4. The Bertz CT molecular complexity index is 710. The number of nitrogens with zero attached hydrogens (tertiary/aromatic N) is 2. The molecule has 0 aromatic heterocycles. The van der Waals surface area contributed by atoms with Gasteiger partial charge in [0.2, 0.25) is 0 Å². The van der Waals surface area contributed by atoms with Crippen molar-refractivity contribution in [2.75, 3.05) is 33.4 Å². The SMILES string of the molecule is COc1ccccc1Oc1ccc(CN=C(N)N2CCOCC2)cc1. The number of aliphatic imine (C=N–C) groups is 1. The number of guanidine groups is 1. The monoisotopic (exact) mass is 341 g/mol. The van der Waals surface area contributed by atoms with Gasteiger partial charge in [-0.2, -0.15) is 0 Å². The predicted octanol–water partition coefficient (Wildman–Crippen LogP) is 2.63. The van der Waals surface area contributed by atoms with Crippen LogP contribution in [0.4, 0.5) is 0 Å². The molecule has 0 bridgehead atoms. The number of hydrogen-bond donors (Lipinski definition) is 1. The zero-order chi connectivity index (χ0) is 17.5. The first kappa shape index (κ1) is 17.1. The Morgan fingerprint density at radius 1 is 1.08 bits per heavy atom. The van der Waals surface area contributed by atoms with Crippen molar-refractivity contribution in [3.05, 3.63) is 54.1 Å². The Balaban J connectivity index is 1.60. The highest BCUT2D eigenvalue weighted by atomic mass is 16.5. The van der Waals surface area contributed by atoms with Gasteiger partial charge in [0.15, 0.2) is 17.5 Å². The van der Waals surface area contributed by atoms with Crippen molar-refractivity contribution in [3.8, 4) is 17.2 Å². The van der Waals surface area contributed by atoms with Crippen LogP contribution in [0.5, 0.6) is 17.2 Å². The second-order valence-electron chi connectivity index (χ2n) is 5.67. The van der Waals surface area contributed by atoms with E-state index < -0.39 is 0 Å². The number of rotatable bonds is 5. The molecule has 6 heteroatoms. The van der Waals surface area contributed by atoms with Crippen molar-refractivity contribution in [1.29, 1.82) is 0 Å². The molecule has 0 radical (unpaired) electrons. The van der Waals surface area contributed by atoms with Crippen LogP contribution in [0.3, 0.4) is 0 Å². The minimum atomic E-state index is 0.540. The molecule has 132 valence electrons. The third-order valence-electron chi connectivity index (χ3n) is 3.98. The summed E-state index contributed by atoms with van der Waals surface area (Å²) in [6.07, 6.45) is 0. The second kappa shape index (κ2) is 8.39. The minimum Gasteiger partial charge on any atom is -0.493 e. The van der Waals surface area contributed by atoms with Crippen molar-refractivity contribution < 1.29 is 14.2 Å². The molecule has 2 aromatic carbocycles. The quantitative estimate of drug-likeness (QED) is 0.669. The van der Waals surface area contributed by atoms with Gasteiger partial charge in [-0.25, -0.2) is 4.99 Å². The molecule has 1 fully saturated rings. The lowest BCUT2D eigenvalue weighted by atomic mass is 10.2. The summed E-state index contributed by atoms with van der Waals surface area (Å²) in [7, 11) is 1.63. The summed E-state index contributed by atoms with van der Waals surface area (Å²) in [5.74, 6) is 2.71. The molecular formula is C19H23N3O3. The highest BCUT2D eigenvalue weighted by Gasteiger charge is 2.11. The second-order valence-corrected chi connectivity index (χ2v) is 5.67. The van der Waals surface area contributed by atoms with Crippen molar-refractivity contribution >= 4 is 5.96 Å². The Labute approximate surface area is 147 Å². The Morgan fingerprint density at radius 2 is 1.76 bits per heavy atom. The van der Waals surface area contributed by atoms with Crippen LogP contribution in [-0.4, -0.2) is 44.3 Å². The topological polar surface area (TPSA) is 69.3 Å². The number of para-hydroxylation sites is 2. The lowest BCUT2D eigenvalue weighted by molar-refractivity contribution is 0.0674. The summed E-state index contributed by atoms with van der Waals surface area (Å²) in [5.41, 5.74) is 7.11. The van der Waals surface area contributed by atoms with E-state index in [1.807, 2.05) is 53.4 Å². The van der Waals surface area contributed by atoms with Crippen LogP contribution in [-0.2, 0) is 11.3 Å². The van der Waals surface area contributed by atoms with E-state index in [2.05, 4.69) is 4.99 Å². The molecule has 0 spiro atoms. The van der Waals surface area contributed by atoms with Gasteiger partial charge < -0.3 is 24.8 Å². The normalized spacial score (nSPS) is 15.1. The van der Waals surface area contributed by atoms with Gasteiger partial charge in [-0.05, 0) is 29.8 Å². The van der Waals surface area contributed by atoms with E-state index in [0.29, 0.717) is 37.2 Å². The van der Waals surface area contributed by atoms with Crippen molar-refractivity contribution in [3.63, 3.8) is 0 Å². The maximum atomic E-state index is 6.04. The van der Waals surface area contributed by atoms with E-state index in [9.17, 15) is 0 Å². The van der Waals surface area contributed by atoms with E-state index in [1.54, 1.807) is 7.11 Å². The van der Waals surface area contributed by atoms with Crippen molar-refractivity contribution in [2.24, 2.45) is 10.7 Å². The Kier molecular flexibility index (Phi) is 5.74. The van der Waals surface area contributed by atoms with Crippen molar-refractivity contribution in [1.82, 2.24) is 4.90 Å². The van der Waals surface area contributed by atoms with Crippen LogP contribution in [0, 0.1) is 0 Å². The van der Waals surface area contributed by atoms with Gasteiger partial charge in [0.25, 0.3) is 0 Å². The molecular weight excluding hydrogens is 318 g/mol. The van der Waals surface area contributed by atoms with Crippen LogP contribution in [0.15, 0.2) is 53.5 Å². The molecule has 0 atom stereocenters. The predicted molar refractivity (Wildman–Crippen MR) is 97.2 cm³/mol. The van der Waals surface area contributed by atoms with E-state index in [0.717, 1.165) is 24.4 Å². The molecule has 0 aliphatic carbocycles.